The first-order valence-electron chi connectivity index (χ1n) is 3.61. The number of carbonyl (C=O) groups is 1. The van der Waals surface area contributed by atoms with Crippen molar-refractivity contribution in [1.82, 2.24) is 0 Å². The van der Waals surface area contributed by atoms with E-state index in [4.69, 9.17) is 39.5 Å². The minimum absolute atomic E-state index is 0.293. The van der Waals surface area contributed by atoms with Gasteiger partial charge in [0, 0.05) is 0 Å². The van der Waals surface area contributed by atoms with Crippen molar-refractivity contribution in [2.45, 2.75) is 24.1 Å². The third kappa shape index (κ3) is 5.07. The second-order valence-corrected chi connectivity index (χ2v) is 4.89. The molecular formula is C7H11Cl3O2. The summed E-state index contributed by atoms with van der Waals surface area (Å²) >= 11 is 15.8. The molecule has 0 rings (SSSR count). The Morgan fingerprint density at radius 2 is 2.00 bits per heavy atom. The number of hydrogen-bond acceptors (Lipinski definition) is 2. The molecule has 0 bridgehead atoms. The van der Waals surface area contributed by atoms with E-state index in [-0.39, 0.29) is 0 Å². The fourth-order valence-electron chi connectivity index (χ4n) is 0.418. The Kier molecular flexibility index (Phi) is 5.30. The molecule has 0 heterocycles. The van der Waals surface area contributed by atoms with Gasteiger partial charge in [-0.25, -0.2) is 4.79 Å². The third-order valence-corrected chi connectivity index (χ3v) is 1.89. The molecule has 0 aromatic carbocycles. The molecule has 2 nitrogen and oxygen atoms in total. The van der Waals surface area contributed by atoms with E-state index in [9.17, 15) is 4.79 Å². The monoisotopic (exact) mass is 232 g/mol. The molecule has 0 saturated carbocycles. The molecule has 0 saturated heterocycles. The molecule has 0 amide bonds. The number of alkyl halides is 3. The molecule has 0 aliphatic heterocycles. The number of rotatable bonds is 3. The van der Waals surface area contributed by atoms with Gasteiger partial charge in [-0.2, -0.15) is 0 Å². The number of carbonyl (C=O) groups excluding carboxylic acids is 1. The lowest BCUT2D eigenvalue weighted by molar-refractivity contribution is -0.143. The predicted octanol–water partition coefficient (Wildman–Crippen LogP) is 2.95. The zero-order chi connectivity index (χ0) is 9.78. The molecular weight excluding hydrogens is 222 g/mol. The minimum atomic E-state index is -1.95. The summed E-state index contributed by atoms with van der Waals surface area (Å²) in [6.45, 7) is 4.24. The highest BCUT2D eigenvalue weighted by atomic mass is 35.6. The maximum absolute atomic E-state index is 10.9. The van der Waals surface area contributed by atoms with E-state index >= 15 is 0 Å². The smallest absolute Gasteiger partial charge is 0.358 e. The van der Waals surface area contributed by atoms with Crippen LogP contribution >= 0.6 is 34.8 Å². The largest absolute Gasteiger partial charge is 0.462 e. The molecule has 0 aliphatic carbocycles. The molecule has 5 heteroatoms. The molecule has 1 atom stereocenters. The maximum Gasteiger partial charge on any atom is 0.358 e. The van der Waals surface area contributed by atoms with Crippen molar-refractivity contribution in [3.8, 4) is 0 Å². The highest BCUT2D eigenvalue weighted by Crippen LogP contribution is 2.27. The summed E-state index contributed by atoms with van der Waals surface area (Å²) in [6, 6.07) is 0. The number of ether oxygens (including phenoxy) is 1. The number of halogens is 3. The van der Waals surface area contributed by atoms with Crippen molar-refractivity contribution in [2.75, 3.05) is 6.61 Å². The Balaban J connectivity index is 3.73. The van der Waals surface area contributed by atoms with Gasteiger partial charge in [-0.1, -0.05) is 55.1 Å². The molecule has 0 N–H and O–H groups in total. The van der Waals surface area contributed by atoms with E-state index in [0.717, 1.165) is 6.42 Å². The summed E-state index contributed by atoms with van der Waals surface area (Å²) in [6.07, 6.45) is 0.924. The first kappa shape index (κ1) is 12.3. The van der Waals surface area contributed by atoms with Gasteiger partial charge in [0.1, 0.15) is 0 Å². The molecule has 0 radical (unpaired) electrons. The van der Waals surface area contributed by atoms with E-state index in [1.165, 1.54) is 0 Å². The molecule has 0 aromatic rings. The van der Waals surface area contributed by atoms with Crippen molar-refractivity contribution in [1.29, 1.82) is 0 Å². The van der Waals surface area contributed by atoms with Gasteiger partial charge in [0.05, 0.1) is 6.61 Å². The Bertz CT molecular complexity index is 153. The van der Waals surface area contributed by atoms with Crippen molar-refractivity contribution in [3.05, 3.63) is 0 Å². The normalized spacial score (nSPS) is 14.1. The van der Waals surface area contributed by atoms with Crippen LogP contribution < -0.4 is 0 Å². The first-order chi connectivity index (χ1) is 5.38. The Morgan fingerprint density at radius 1 is 1.50 bits per heavy atom. The lowest BCUT2D eigenvalue weighted by Crippen LogP contribution is -2.24. The SMILES string of the molecule is CCC(C)COC(=O)C(Cl)(Cl)Cl. The van der Waals surface area contributed by atoms with Gasteiger partial charge in [0.25, 0.3) is 3.79 Å². The van der Waals surface area contributed by atoms with Gasteiger partial charge in [0.15, 0.2) is 0 Å². The van der Waals surface area contributed by atoms with E-state index < -0.39 is 9.76 Å². The lowest BCUT2D eigenvalue weighted by atomic mass is 10.1. The second-order valence-electron chi connectivity index (χ2n) is 2.61. The minimum Gasteiger partial charge on any atom is -0.462 e. The van der Waals surface area contributed by atoms with Crippen molar-refractivity contribution in [2.24, 2.45) is 5.92 Å². The van der Waals surface area contributed by atoms with Gasteiger partial charge in [-0.3, -0.25) is 0 Å². The number of esters is 1. The molecule has 1 unspecified atom stereocenters. The zero-order valence-corrected chi connectivity index (χ0v) is 9.21. The quantitative estimate of drug-likeness (QED) is 0.553. The highest BCUT2D eigenvalue weighted by Gasteiger charge is 2.32. The standard InChI is InChI=1S/C7H11Cl3O2/c1-3-5(2)4-12-6(11)7(8,9)10/h5H,3-4H2,1-2H3. The van der Waals surface area contributed by atoms with Crippen LogP contribution in [-0.4, -0.2) is 16.4 Å². The van der Waals surface area contributed by atoms with Gasteiger partial charge >= 0.3 is 5.97 Å². The molecule has 0 aromatic heterocycles. The van der Waals surface area contributed by atoms with Crippen molar-refractivity contribution >= 4 is 40.8 Å². The first-order valence-corrected chi connectivity index (χ1v) is 4.75. The van der Waals surface area contributed by atoms with E-state index in [0.29, 0.717) is 12.5 Å². The Morgan fingerprint density at radius 3 is 2.33 bits per heavy atom. The second kappa shape index (κ2) is 5.15. The predicted molar refractivity (Wildman–Crippen MR) is 50.7 cm³/mol. The van der Waals surface area contributed by atoms with E-state index in [1.54, 1.807) is 0 Å². The van der Waals surface area contributed by atoms with Crippen LogP contribution in [0.25, 0.3) is 0 Å². The summed E-state index contributed by atoms with van der Waals surface area (Å²) in [5, 5.41) is 0. The van der Waals surface area contributed by atoms with E-state index in [1.807, 2.05) is 13.8 Å². The Hall–Kier alpha value is 0.340. The third-order valence-electron chi connectivity index (χ3n) is 1.43. The van der Waals surface area contributed by atoms with Crippen LogP contribution in [0, 0.1) is 5.92 Å². The van der Waals surface area contributed by atoms with Crippen LogP contribution in [0.3, 0.4) is 0 Å². The van der Waals surface area contributed by atoms with E-state index in [2.05, 4.69) is 0 Å². The van der Waals surface area contributed by atoms with Crippen LogP contribution in [0.15, 0.2) is 0 Å². The highest BCUT2D eigenvalue weighted by molar-refractivity contribution is 6.75. The van der Waals surface area contributed by atoms with Crippen molar-refractivity contribution < 1.29 is 9.53 Å². The van der Waals surface area contributed by atoms with Crippen LogP contribution in [0.4, 0.5) is 0 Å². The van der Waals surface area contributed by atoms with Crippen molar-refractivity contribution in [3.63, 3.8) is 0 Å². The molecule has 0 spiro atoms. The Labute approximate surface area is 87.1 Å². The summed E-state index contributed by atoms with van der Waals surface area (Å²) in [5.41, 5.74) is 0. The fraction of sp³-hybridized carbons (Fsp3) is 0.857. The van der Waals surface area contributed by atoms with Crippen LogP contribution in [-0.2, 0) is 9.53 Å². The molecule has 0 fully saturated rings. The molecule has 12 heavy (non-hydrogen) atoms. The maximum atomic E-state index is 10.9. The van der Waals surface area contributed by atoms with Gasteiger partial charge in [0.2, 0.25) is 0 Å². The van der Waals surface area contributed by atoms with Crippen LogP contribution in [0.1, 0.15) is 20.3 Å². The summed E-state index contributed by atoms with van der Waals surface area (Å²) in [4.78, 5) is 10.9. The molecule has 72 valence electrons. The zero-order valence-electron chi connectivity index (χ0n) is 6.94. The molecule has 0 aliphatic rings. The summed E-state index contributed by atoms with van der Waals surface area (Å²) in [7, 11) is 0. The van der Waals surface area contributed by atoms with Crippen LogP contribution in [0.5, 0.6) is 0 Å². The van der Waals surface area contributed by atoms with Gasteiger partial charge < -0.3 is 4.74 Å². The average molecular weight is 234 g/mol. The van der Waals surface area contributed by atoms with Gasteiger partial charge in [-0.05, 0) is 5.92 Å². The number of hydrogen-bond donors (Lipinski definition) is 0. The topological polar surface area (TPSA) is 26.3 Å². The lowest BCUT2D eigenvalue weighted by Gasteiger charge is -2.13. The fourth-order valence-corrected chi connectivity index (χ4v) is 0.581. The average Bonchev–Trinajstić information content (AvgIpc) is 1.97. The summed E-state index contributed by atoms with van der Waals surface area (Å²) < 4.78 is 2.77. The van der Waals surface area contributed by atoms with Crippen LogP contribution in [0.2, 0.25) is 0 Å². The van der Waals surface area contributed by atoms with Gasteiger partial charge in [-0.15, -0.1) is 0 Å². The summed E-state index contributed by atoms with van der Waals surface area (Å²) in [5.74, 6) is -0.519.